The second kappa shape index (κ2) is 19.7. The number of aryl methyl sites for hydroxylation is 2. The monoisotopic (exact) mass is 732 g/mol. The predicted molar refractivity (Wildman–Crippen MR) is 222 cm³/mol. The van der Waals surface area contributed by atoms with E-state index in [2.05, 4.69) is 79.6 Å². The molecule has 0 amide bonds. The molecule has 8 nitrogen and oxygen atoms in total. The van der Waals surface area contributed by atoms with Crippen molar-refractivity contribution in [3.05, 3.63) is 129 Å². The number of nitrogens with two attached hydrogens (primary N) is 2. The number of nitrogens with zero attached hydrogens (tertiary/aromatic N) is 2. The molecule has 3 rings (SSSR count). The lowest BCUT2D eigenvalue weighted by atomic mass is 9.97. The molecule has 3 aromatic rings. The van der Waals surface area contributed by atoms with Gasteiger partial charge in [0.2, 0.25) is 0 Å². The Hall–Kier alpha value is -3.64. The van der Waals surface area contributed by atoms with Gasteiger partial charge in [0.05, 0.1) is 29.8 Å². The van der Waals surface area contributed by atoms with E-state index in [0.29, 0.717) is 18.0 Å². The number of allylic oxidation sites excluding steroid dienone is 4. The third kappa shape index (κ3) is 12.3. The third-order valence-corrected chi connectivity index (χ3v) is 10.3. The number of thiazole rings is 1. The summed E-state index contributed by atoms with van der Waals surface area (Å²) in [4.78, 5) is 12.1. The van der Waals surface area contributed by atoms with Crippen LogP contribution in [0.25, 0.3) is 5.70 Å². The lowest BCUT2D eigenvalue weighted by molar-refractivity contribution is 0.394. The molecule has 11 heteroatoms. The van der Waals surface area contributed by atoms with Crippen molar-refractivity contribution < 1.29 is 0 Å². The number of nitrogens with one attached hydrogen (secondary N) is 4. The number of benzene rings is 2. The first kappa shape index (κ1) is 40.8. The second-order valence-corrected chi connectivity index (χ2v) is 14.9. The fourth-order valence-corrected chi connectivity index (χ4v) is 6.43. The highest BCUT2D eigenvalue weighted by atomic mass is 35.5. The molecule has 0 aliphatic carbocycles. The van der Waals surface area contributed by atoms with Gasteiger partial charge in [-0.15, -0.1) is 23.1 Å². The van der Waals surface area contributed by atoms with Crippen LogP contribution in [-0.4, -0.2) is 41.9 Å². The highest BCUT2D eigenvalue weighted by Gasteiger charge is 2.22. The molecule has 0 radical (unpaired) electrons. The number of hydrogen-bond acceptors (Lipinski definition) is 10. The Morgan fingerprint density at radius 3 is 2.30 bits per heavy atom. The Labute approximate surface area is 312 Å². The number of anilines is 2. The zero-order valence-corrected chi connectivity index (χ0v) is 32.6. The van der Waals surface area contributed by atoms with Crippen LogP contribution in [0.4, 0.5) is 10.8 Å². The van der Waals surface area contributed by atoms with Crippen molar-refractivity contribution in [1.82, 2.24) is 15.6 Å². The molecule has 268 valence electrons. The minimum Gasteiger partial charge on any atom is -0.389 e. The fraction of sp³-hybridized carbons (Fsp3) is 0.333. The summed E-state index contributed by atoms with van der Waals surface area (Å²) >= 11 is 9.53. The number of halogens is 1. The van der Waals surface area contributed by atoms with E-state index in [-0.39, 0.29) is 12.2 Å². The summed E-state index contributed by atoms with van der Waals surface area (Å²) in [6, 6.07) is 15.3. The maximum atomic E-state index is 6.66. The number of aliphatic imine (C=N–C) groups is 1. The normalized spacial score (nSPS) is 13.9. The topological polar surface area (TPSA) is 125 Å². The van der Waals surface area contributed by atoms with Gasteiger partial charge in [0.1, 0.15) is 0 Å². The van der Waals surface area contributed by atoms with Gasteiger partial charge in [0.15, 0.2) is 5.13 Å². The Morgan fingerprint density at radius 1 is 1.00 bits per heavy atom. The Bertz CT molecular complexity index is 1700. The first-order valence-electron chi connectivity index (χ1n) is 16.6. The molecule has 0 aliphatic heterocycles. The Kier molecular flexibility index (Phi) is 16.0. The summed E-state index contributed by atoms with van der Waals surface area (Å²) in [6.07, 6.45) is 3.31. The van der Waals surface area contributed by atoms with Crippen molar-refractivity contribution in [2.24, 2.45) is 16.5 Å². The van der Waals surface area contributed by atoms with Crippen LogP contribution in [-0.2, 0) is 0 Å². The summed E-state index contributed by atoms with van der Waals surface area (Å²) < 4.78 is 0. The third-order valence-electron chi connectivity index (χ3n) is 8.19. The summed E-state index contributed by atoms with van der Waals surface area (Å²) in [5, 5.41) is 15.0. The van der Waals surface area contributed by atoms with E-state index in [9.17, 15) is 0 Å². The van der Waals surface area contributed by atoms with Crippen LogP contribution in [0.5, 0.6) is 0 Å². The molecular weight excluding hydrogens is 680 g/mol. The Morgan fingerprint density at radius 2 is 1.68 bits per heavy atom. The number of aromatic nitrogens is 1. The Balaban J connectivity index is 1.66. The van der Waals surface area contributed by atoms with Crippen LogP contribution in [0.1, 0.15) is 61.7 Å². The molecule has 0 bridgehead atoms. The van der Waals surface area contributed by atoms with Gasteiger partial charge in [-0.2, -0.15) is 0 Å². The van der Waals surface area contributed by atoms with Crippen molar-refractivity contribution in [2.75, 3.05) is 23.4 Å². The number of rotatable bonds is 20. The van der Waals surface area contributed by atoms with Gasteiger partial charge < -0.3 is 27.4 Å². The molecule has 1 heterocycles. The van der Waals surface area contributed by atoms with Crippen molar-refractivity contribution in [3.63, 3.8) is 0 Å². The van der Waals surface area contributed by atoms with E-state index in [0.717, 1.165) is 74.4 Å². The van der Waals surface area contributed by atoms with Crippen LogP contribution in [0.3, 0.4) is 0 Å². The van der Waals surface area contributed by atoms with Crippen LogP contribution in [0.2, 0.25) is 5.02 Å². The largest absolute Gasteiger partial charge is 0.389 e. The van der Waals surface area contributed by atoms with Gasteiger partial charge in [-0.3, -0.25) is 10.3 Å². The van der Waals surface area contributed by atoms with Gasteiger partial charge in [0, 0.05) is 56.8 Å². The fourth-order valence-electron chi connectivity index (χ4n) is 5.03. The van der Waals surface area contributed by atoms with Gasteiger partial charge in [-0.1, -0.05) is 68.2 Å². The quantitative estimate of drug-likeness (QED) is 0.0295. The molecule has 2 unspecified atom stereocenters. The van der Waals surface area contributed by atoms with Crippen LogP contribution < -0.4 is 32.7 Å². The molecule has 1 aromatic heterocycles. The molecule has 50 heavy (non-hydrogen) atoms. The summed E-state index contributed by atoms with van der Waals surface area (Å²) in [7, 11) is 0. The van der Waals surface area contributed by atoms with E-state index in [4.69, 9.17) is 28.1 Å². The van der Waals surface area contributed by atoms with E-state index < -0.39 is 6.17 Å². The van der Waals surface area contributed by atoms with Crippen LogP contribution >= 0.6 is 34.7 Å². The smallest absolute Gasteiger partial charge is 0.187 e. The van der Waals surface area contributed by atoms with E-state index >= 15 is 0 Å². The van der Waals surface area contributed by atoms with Gasteiger partial charge in [0.25, 0.3) is 0 Å². The minimum absolute atomic E-state index is 0.316. The molecule has 0 fully saturated rings. The molecule has 2 aromatic carbocycles. The first-order valence-corrected chi connectivity index (χ1v) is 19.0. The van der Waals surface area contributed by atoms with Gasteiger partial charge in [-0.25, -0.2) is 4.98 Å². The molecule has 3 atom stereocenters. The molecular formula is C39H53ClN8S2. The van der Waals surface area contributed by atoms with Crippen molar-refractivity contribution in [1.29, 1.82) is 0 Å². The second-order valence-electron chi connectivity index (χ2n) is 12.3. The number of para-hydroxylation sites is 1. The molecule has 0 saturated carbocycles. The van der Waals surface area contributed by atoms with Crippen LogP contribution in [0.15, 0.2) is 107 Å². The summed E-state index contributed by atoms with van der Waals surface area (Å²) in [6.45, 7) is 28.1. The summed E-state index contributed by atoms with van der Waals surface area (Å²) in [5.41, 5.74) is 21.7. The number of thioether (sulfide) groups is 1. The number of hydrogen-bond donors (Lipinski definition) is 6. The highest BCUT2D eigenvalue weighted by molar-refractivity contribution is 8.02. The molecule has 8 N–H and O–H groups in total. The standard InChI is InChI=1S/C39H53ClN8S2/c1-23(44-35-16-12-11-15-34(35)28(6)46-39-45-27(5)30(8)50-39)14-13-21-43-24(2)22-36(38(42)47-31(9)41)48-37(26(4)25(3)29(7)49-10)32-17-19-33(40)20-18-32/h11-12,15-20,31,36,38,43-44,47H,1-2,4,6,13-14,21-22,41-42H2,3,5,7-10H3,(H,45,46)/b29-25-,48-37?/t31?,36-,38?/m0/s1. The lowest BCUT2D eigenvalue weighted by Gasteiger charge is -2.26. The highest BCUT2D eigenvalue weighted by Crippen LogP contribution is 2.29. The SMILES string of the molecule is C=C(C[C@H](N=C(C(=C)/C(C)=C(/C)SC)c1ccc(Cl)cc1)C(N)NC(C)N)NCCCC(=C)Nc1ccccc1C(=C)Nc1nc(C)c(C)s1. The van der Waals surface area contributed by atoms with E-state index in [1.54, 1.807) is 23.1 Å². The van der Waals surface area contributed by atoms with E-state index in [1.807, 2.05) is 62.4 Å². The maximum absolute atomic E-state index is 6.66. The average molecular weight is 733 g/mol. The predicted octanol–water partition coefficient (Wildman–Crippen LogP) is 8.95. The van der Waals surface area contributed by atoms with Gasteiger partial charge >= 0.3 is 0 Å². The first-order chi connectivity index (χ1) is 23.7. The average Bonchev–Trinajstić information content (AvgIpc) is 3.39. The van der Waals surface area contributed by atoms with Crippen molar-refractivity contribution >= 4 is 56.9 Å². The zero-order chi connectivity index (χ0) is 37.0. The van der Waals surface area contributed by atoms with E-state index in [1.165, 1.54) is 9.78 Å². The van der Waals surface area contributed by atoms with Gasteiger partial charge in [-0.05, 0) is 88.0 Å². The van der Waals surface area contributed by atoms with Crippen LogP contribution in [0, 0.1) is 13.8 Å². The minimum atomic E-state index is -0.522. The van der Waals surface area contributed by atoms with Crippen molar-refractivity contribution in [2.45, 2.75) is 72.3 Å². The molecule has 0 aliphatic rings. The maximum Gasteiger partial charge on any atom is 0.187 e. The zero-order valence-electron chi connectivity index (χ0n) is 30.3. The summed E-state index contributed by atoms with van der Waals surface area (Å²) in [5.74, 6) is 0. The molecule has 0 saturated heterocycles. The lowest BCUT2D eigenvalue weighted by Crippen LogP contribution is -2.53. The van der Waals surface area contributed by atoms with Crippen molar-refractivity contribution in [3.8, 4) is 0 Å². The molecule has 0 spiro atoms.